The van der Waals surface area contributed by atoms with E-state index in [0.29, 0.717) is 18.1 Å². The summed E-state index contributed by atoms with van der Waals surface area (Å²) >= 11 is 0. The number of nitrogens with one attached hydrogen (secondary N) is 1. The van der Waals surface area contributed by atoms with Crippen molar-refractivity contribution in [2.24, 2.45) is 5.10 Å². The lowest BCUT2D eigenvalue weighted by molar-refractivity contribution is 0.306. The summed E-state index contributed by atoms with van der Waals surface area (Å²) in [7, 11) is 0. The molecule has 27 heavy (non-hydrogen) atoms. The minimum absolute atomic E-state index is 0.530. The van der Waals surface area contributed by atoms with E-state index in [1.165, 1.54) is 0 Å². The summed E-state index contributed by atoms with van der Waals surface area (Å²) in [5.41, 5.74) is 5.67. The first-order valence-electron chi connectivity index (χ1n) is 8.53. The summed E-state index contributed by atoms with van der Waals surface area (Å²) in [6.45, 7) is 2.38. The average molecular weight is 358 g/mol. The minimum atomic E-state index is 0.530. The van der Waals surface area contributed by atoms with Crippen LogP contribution in [0, 0.1) is 6.92 Å². The van der Waals surface area contributed by atoms with Crippen LogP contribution in [0.15, 0.2) is 71.8 Å². The van der Waals surface area contributed by atoms with Crippen molar-refractivity contribution in [3.63, 3.8) is 0 Å². The van der Waals surface area contributed by atoms with Crippen LogP contribution in [0.25, 0.3) is 5.65 Å². The molecule has 0 unspecified atom stereocenters. The molecule has 1 N–H and O–H groups in total. The molecular formula is C20H18N6O. The minimum Gasteiger partial charge on any atom is -0.489 e. The highest BCUT2D eigenvalue weighted by molar-refractivity contribution is 5.80. The molecule has 0 aliphatic carbocycles. The normalized spacial score (nSPS) is 11.1. The summed E-state index contributed by atoms with van der Waals surface area (Å²) in [4.78, 5) is 0. The molecule has 0 aliphatic rings. The molecule has 0 saturated carbocycles. The van der Waals surface area contributed by atoms with E-state index in [4.69, 9.17) is 4.74 Å². The number of aromatic nitrogens is 4. The third-order valence-electron chi connectivity index (χ3n) is 3.92. The second kappa shape index (κ2) is 7.65. The smallest absolute Gasteiger partial charge is 0.178 e. The Labute approximate surface area is 156 Å². The van der Waals surface area contributed by atoms with Gasteiger partial charge in [0.15, 0.2) is 17.3 Å². The van der Waals surface area contributed by atoms with E-state index < -0.39 is 0 Å². The first-order valence-corrected chi connectivity index (χ1v) is 8.53. The van der Waals surface area contributed by atoms with Crippen molar-refractivity contribution in [3.05, 3.63) is 83.7 Å². The maximum atomic E-state index is 5.84. The van der Waals surface area contributed by atoms with Gasteiger partial charge in [0, 0.05) is 0 Å². The number of anilines is 1. The fraction of sp³-hybridized carbons (Fsp3) is 0.100. The Balaban J connectivity index is 1.40. The molecule has 0 spiro atoms. The topological polar surface area (TPSA) is 76.7 Å². The van der Waals surface area contributed by atoms with Gasteiger partial charge in [-0.05, 0) is 42.3 Å². The number of fused-ring (bicyclic) bond motifs is 1. The zero-order valence-electron chi connectivity index (χ0n) is 14.8. The molecule has 0 atom stereocenters. The van der Waals surface area contributed by atoms with Gasteiger partial charge in [-0.3, -0.25) is 5.43 Å². The van der Waals surface area contributed by atoms with Crippen molar-refractivity contribution in [2.75, 3.05) is 5.43 Å². The summed E-state index contributed by atoms with van der Waals surface area (Å²) < 4.78 is 7.50. The third kappa shape index (κ3) is 4.09. The lowest BCUT2D eigenvalue weighted by Crippen LogP contribution is -2.00. The molecular weight excluding hydrogens is 340 g/mol. The molecule has 134 valence electrons. The second-order valence-corrected chi connectivity index (χ2v) is 5.95. The number of aryl methyl sites for hydroxylation is 1. The first kappa shape index (κ1) is 16.7. The van der Waals surface area contributed by atoms with E-state index in [2.05, 4.69) is 25.8 Å². The molecule has 7 heteroatoms. The molecule has 0 radical (unpaired) electrons. The molecule has 4 rings (SSSR count). The van der Waals surface area contributed by atoms with Gasteiger partial charge in [-0.25, -0.2) is 0 Å². The van der Waals surface area contributed by atoms with Crippen molar-refractivity contribution in [1.29, 1.82) is 0 Å². The lowest BCUT2D eigenvalue weighted by Gasteiger charge is -2.06. The van der Waals surface area contributed by atoms with Gasteiger partial charge in [-0.1, -0.05) is 42.5 Å². The van der Waals surface area contributed by atoms with Crippen LogP contribution in [0.5, 0.6) is 5.75 Å². The predicted molar refractivity (Wildman–Crippen MR) is 104 cm³/mol. The van der Waals surface area contributed by atoms with E-state index in [-0.39, 0.29) is 0 Å². The molecule has 7 nitrogen and oxygen atoms in total. The van der Waals surface area contributed by atoms with Crippen LogP contribution in [0.2, 0.25) is 0 Å². The highest BCUT2D eigenvalue weighted by Gasteiger charge is 2.02. The van der Waals surface area contributed by atoms with Crippen LogP contribution < -0.4 is 10.2 Å². The Morgan fingerprint density at radius 1 is 1.04 bits per heavy atom. The van der Waals surface area contributed by atoms with Gasteiger partial charge in [0.2, 0.25) is 0 Å². The summed E-state index contributed by atoms with van der Waals surface area (Å²) in [5.74, 6) is 2.13. The maximum Gasteiger partial charge on any atom is 0.178 e. The molecule has 2 aromatic heterocycles. The van der Waals surface area contributed by atoms with Gasteiger partial charge in [0.1, 0.15) is 12.4 Å². The van der Waals surface area contributed by atoms with Crippen molar-refractivity contribution >= 4 is 17.7 Å². The summed E-state index contributed by atoms with van der Waals surface area (Å²) in [5, 5.41) is 16.6. The van der Waals surface area contributed by atoms with E-state index in [9.17, 15) is 0 Å². The van der Waals surface area contributed by atoms with Crippen molar-refractivity contribution in [1.82, 2.24) is 19.8 Å². The van der Waals surface area contributed by atoms with Crippen LogP contribution in [0.3, 0.4) is 0 Å². The Hall–Kier alpha value is -3.74. The molecule has 0 aliphatic heterocycles. The van der Waals surface area contributed by atoms with Gasteiger partial charge in [-0.15, -0.1) is 15.3 Å². The Kier molecular flexibility index (Phi) is 4.74. The number of nitrogens with zero attached hydrogens (tertiary/aromatic N) is 5. The largest absolute Gasteiger partial charge is 0.489 e. The molecule has 2 aromatic carbocycles. The fourth-order valence-corrected chi connectivity index (χ4v) is 2.55. The fourth-order valence-electron chi connectivity index (χ4n) is 2.55. The zero-order valence-corrected chi connectivity index (χ0v) is 14.8. The van der Waals surface area contributed by atoms with E-state index >= 15 is 0 Å². The highest BCUT2D eigenvalue weighted by atomic mass is 16.5. The van der Waals surface area contributed by atoms with Crippen LogP contribution in [-0.2, 0) is 6.61 Å². The predicted octanol–water partition coefficient (Wildman–Crippen LogP) is 3.46. The first-order chi connectivity index (χ1) is 13.3. The lowest BCUT2D eigenvalue weighted by atomic mass is 10.2. The summed E-state index contributed by atoms with van der Waals surface area (Å²) in [6, 6.07) is 21.5. The van der Waals surface area contributed by atoms with Crippen LogP contribution in [0.1, 0.15) is 17.0 Å². The van der Waals surface area contributed by atoms with Crippen molar-refractivity contribution in [3.8, 4) is 5.75 Å². The number of hydrogen-bond acceptors (Lipinski definition) is 6. The van der Waals surface area contributed by atoms with Crippen molar-refractivity contribution in [2.45, 2.75) is 13.5 Å². The van der Waals surface area contributed by atoms with Crippen LogP contribution >= 0.6 is 0 Å². The molecule has 2 heterocycles. The average Bonchev–Trinajstić information content (AvgIpc) is 3.08. The summed E-state index contributed by atoms with van der Waals surface area (Å²) in [6.07, 6.45) is 1.72. The van der Waals surface area contributed by atoms with E-state index in [0.717, 1.165) is 22.7 Å². The number of benzene rings is 2. The van der Waals surface area contributed by atoms with Gasteiger partial charge in [0.05, 0.1) is 6.21 Å². The van der Waals surface area contributed by atoms with Gasteiger partial charge in [-0.2, -0.15) is 9.62 Å². The quantitative estimate of drug-likeness (QED) is 0.422. The molecule has 4 aromatic rings. The van der Waals surface area contributed by atoms with Gasteiger partial charge >= 0.3 is 0 Å². The van der Waals surface area contributed by atoms with Crippen molar-refractivity contribution < 1.29 is 4.74 Å². The molecule has 0 fully saturated rings. The van der Waals surface area contributed by atoms with Gasteiger partial charge in [0.25, 0.3) is 0 Å². The second-order valence-electron chi connectivity index (χ2n) is 5.95. The molecule has 0 bridgehead atoms. The van der Waals surface area contributed by atoms with Crippen LogP contribution in [0.4, 0.5) is 5.82 Å². The SMILES string of the molecule is Cc1nnc2ccc(N/N=C\c3cccc(OCc4ccccc4)c3)nn12. The Morgan fingerprint density at radius 3 is 2.81 bits per heavy atom. The molecule has 0 amide bonds. The van der Waals surface area contributed by atoms with Gasteiger partial charge < -0.3 is 4.74 Å². The standard InChI is InChI=1S/C20H18N6O/c1-15-22-24-20-11-10-19(25-26(15)20)23-21-13-17-8-5-9-18(12-17)27-14-16-6-3-2-4-7-16/h2-13H,14H2,1H3,(H,23,25)/b21-13-. The highest BCUT2D eigenvalue weighted by Crippen LogP contribution is 2.14. The maximum absolute atomic E-state index is 5.84. The number of hydrazone groups is 1. The van der Waals surface area contributed by atoms with Crippen LogP contribution in [-0.4, -0.2) is 26.0 Å². The monoisotopic (exact) mass is 358 g/mol. The zero-order chi connectivity index (χ0) is 18.5. The van der Waals surface area contributed by atoms with E-state index in [1.54, 1.807) is 16.8 Å². The Morgan fingerprint density at radius 2 is 1.93 bits per heavy atom. The van der Waals surface area contributed by atoms with E-state index in [1.807, 2.05) is 67.6 Å². The number of rotatable bonds is 6. The Bertz CT molecular complexity index is 1070. The molecule has 0 saturated heterocycles. The number of hydrogen-bond donors (Lipinski definition) is 1. The third-order valence-corrected chi connectivity index (χ3v) is 3.92. The number of ether oxygens (including phenoxy) is 1.